The second-order valence-electron chi connectivity index (χ2n) is 8.32. The predicted octanol–water partition coefficient (Wildman–Crippen LogP) is 3.03. The van der Waals surface area contributed by atoms with Gasteiger partial charge in [0.25, 0.3) is 11.8 Å². The summed E-state index contributed by atoms with van der Waals surface area (Å²) in [7, 11) is 0. The molecule has 1 saturated carbocycles. The Kier molecular flexibility index (Phi) is 6.41. The maximum absolute atomic E-state index is 12.5. The van der Waals surface area contributed by atoms with Crippen molar-refractivity contribution in [3.8, 4) is 0 Å². The van der Waals surface area contributed by atoms with Gasteiger partial charge in [-0.1, -0.05) is 17.8 Å². The number of rotatable bonds is 6. The summed E-state index contributed by atoms with van der Waals surface area (Å²) in [6.07, 6.45) is 5.84. The summed E-state index contributed by atoms with van der Waals surface area (Å²) in [5.41, 5.74) is 1.07. The van der Waals surface area contributed by atoms with Crippen molar-refractivity contribution in [3.63, 3.8) is 0 Å². The van der Waals surface area contributed by atoms with Crippen molar-refractivity contribution in [1.29, 1.82) is 0 Å². The molecule has 7 nitrogen and oxygen atoms in total. The number of nitrogens with zero attached hydrogens (tertiary/aromatic N) is 2. The third-order valence-corrected chi connectivity index (χ3v) is 7.04. The molecule has 2 atom stereocenters. The molecular formula is C22H28N4O3S. The van der Waals surface area contributed by atoms with Crippen LogP contribution in [0.15, 0.2) is 29.3 Å². The lowest BCUT2D eigenvalue weighted by molar-refractivity contribution is -0.121. The highest BCUT2D eigenvalue weighted by Crippen LogP contribution is 2.32. The number of hydrogen-bond donors (Lipinski definition) is 2. The Hall–Kier alpha value is -2.35. The highest BCUT2D eigenvalue weighted by Gasteiger charge is 2.33. The summed E-state index contributed by atoms with van der Waals surface area (Å²) in [4.78, 5) is 43.5. The van der Waals surface area contributed by atoms with E-state index in [2.05, 4.69) is 20.5 Å². The first-order chi connectivity index (χ1) is 14.5. The maximum Gasteiger partial charge on any atom is 0.262 e. The van der Waals surface area contributed by atoms with E-state index in [0.717, 1.165) is 31.1 Å². The minimum Gasteiger partial charge on any atom is -0.351 e. The fraction of sp³-hybridized carbons (Fsp3) is 0.545. The van der Waals surface area contributed by atoms with E-state index in [-0.39, 0.29) is 30.2 Å². The molecule has 0 bridgehead atoms. The molecule has 1 aromatic carbocycles. The molecule has 160 valence electrons. The van der Waals surface area contributed by atoms with Crippen LogP contribution in [-0.2, 0) is 9.59 Å². The Morgan fingerprint density at radius 2 is 2.00 bits per heavy atom. The van der Waals surface area contributed by atoms with Crippen molar-refractivity contribution in [1.82, 2.24) is 10.2 Å². The summed E-state index contributed by atoms with van der Waals surface area (Å²) < 4.78 is 0. The Morgan fingerprint density at radius 3 is 2.73 bits per heavy atom. The molecule has 0 unspecified atom stereocenters. The number of carbonyl (C=O) groups is 3. The molecule has 2 fully saturated rings. The first-order valence-electron chi connectivity index (χ1n) is 10.7. The molecule has 2 heterocycles. The lowest BCUT2D eigenvalue weighted by Gasteiger charge is -2.27. The molecule has 1 aromatic rings. The van der Waals surface area contributed by atoms with Gasteiger partial charge in [0.05, 0.1) is 0 Å². The summed E-state index contributed by atoms with van der Waals surface area (Å²) in [6.45, 7) is 3.87. The number of aliphatic imine (C=N–C) groups is 1. The van der Waals surface area contributed by atoms with Crippen LogP contribution in [0.1, 0.15) is 55.8 Å². The van der Waals surface area contributed by atoms with E-state index in [1.54, 1.807) is 24.3 Å². The Balaban J connectivity index is 1.30. The monoisotopic (exact) mass is 428 g/mol. The van der Waals surface area contributed by atoms with Crippen LogP contribution in [0.5, 0.6) is 0 Å². The van der Waals surface area contributed by atoms with E-state index in [0.29, 0.717) is 17.2 Å². The minimum atomic E-state index is -0.479. The number of amides is 3. The van der Waals surface area contributed by atoms with E-state index in [4.69, 9.17) is 0 Å². The van der Waals surface area contributed by atoms with Crippen LogP contribution < -0.4 is 10.6 Å². The van der Waals surface area contributed by atoms with Crippen LogP contribution >= 0.6 is 11.8 Å². The maximum atomic E-state index is 12.5. The van der Waals surface area contributed by atoms with Gasteiger partial charge >= 0.3 is 0 Å². The quantitative estimate of drug-likeness (QED) is 0.727. The van der Waals surface area contributed by atoms with Crippen molar-refractivity contribution in [2.24, 2.45) is 10.9 Å². The standard InChI is InChI=1S/C22H28N4O3S/c1-14(15-8-9-15)23-20(28)16-6-5-7-17(12-16)24-19(27)13-18-21(29)25-22(30-18)26-10-3-2-4-11-26/h5-7,12,14-15,18H,2-4,8-11,13H2,1H3,(H,23,28)(H,24,27)/t14-,18+/m0/s1. The number of amidine groups is 1. The summed E-state index contributed by atoms with van der Waals surface area (Å²) >= 11 is 1.39. The average Bonchev–Trinajstić information content (AvgIpc) is 3.53. The number of anilines is 1. The molecule has 30 heavy (non-hydrogen) atoms. The van der Waals surface area contributed by atoms with Crippen LogP contribution in [0.4, 0.5) is 5.69 Å². The molecule has 3 amide bonds. The Labute approximate surface area is 181 Å². The summed E-state index contributed by atoms with van der Waals surface area (Å²) in [5, 5.41) is 6.11. The van der Waals surface area contributed by atoms with Crippen LogP contribution in [-0.4, -0.2) is 52.2 Å². The zero-order valence-electron chi connectivity index (χ0n) is 17.2. The number of thioether (sulfide) groups is 1. The molecule has 0 radical (unpaired) electrons. The van der Waals surface area contributed by atoms with E-state index in [1.807, 2.05) is 6.92 Å². The topological polar surface area (TPSA) is 90.9 Å². The average molecular weight is 429 g/mol. The molecule has 3 aliphatic rings. The number of likely N-dealkylation sites (tertiary alicyclic amines) is 1. The minimum absolute atomic E-state index is 0.0689. The smallest absolute Gasteiger partial charge is 0.262 e. The zero-order chi connectivity index (χ0) is 21.1. The molecule has 0 spiro atoms. The second kappa shape index (κ2) is 9.20. The van der Waals surface area contributed by atoms with Gasteiger partial charge in [-0.25, -0.2) is 0 Å². The fourth-order valence-corrected chi connectivity index (χ4v) is 4.97. The third-order valence-electron chi connectivity index (χ3n) is 5.82. The molecule has 0 aromatic heterocycles. The number of nitrogens with one attached hydrogen (secondary N) is 2. The van der Waals surface area contributed by atoms with Gasteiger partial charge in [-0.15, -0.1) is 0 Å². The van der Waals surface area contributed by atoms with Crippen LogP contribution in [0.25, 0.3) is 0 Å². The van der Waals surface area contributed by atoms with E-state index >= 15 is 0 Å². The number of piperidine rings is 1. The number of benzene rings is 1. The molecule has 1 saturated heterocycles. The molecule has 8 heteroatoms. The van der Waals surface area contributed by atoms with Crippen molar-refractivity contribution in [3.05, 3.63) is 29.8 Å². The second-order valence-corrected chi connectivity index (χ2v) is 9.49. The van der Waals surface area contributed by atoms with E-state index in [1.165, 1.54) is 31.0 Å². The van der Waals surface area contributed by atoms with E-state index in [9.17, 15) is 14.4 Å². The van der Waals surface area contributed by atoms with Crippen LogP contribution in [0, 0.1) is 5.92 Å². The molecule has 1 aliphatic carbocycles. The molecule has 2 N–H and O–H groups in total. The van der Waals surface area contributed by atoms with Crippen molar-refractivity contribution >= 4 is 40.3 Å². The van der Waals surface area contributed by atoms with Crippen molar-refractivity contribution < 1.29 is 14.4 Å². The number of hydrogen-bond acceptors (Lipinski definition) is 5. The van der Waals surface area contributed by atoms with Crippen molar-refractivity contribution in [2.45, 2.75) is 56.7 Å². The Bertz CT molecular complexity index is 862. The highest BCUT2D eigenvalue weighted by molar-refractivity contribution is 8.15. The summed E-state index contributed by atoms with van der Waals surface area (Å²) in [5.74, 6) is -0.0419. The highest BCUT2D eigenvalue weighted by atomic mass is 32.2. The van der Waals surface area contributed by atoms with Gasteiger partial charge in [-0.05, 0) is 63.1 Å². The van der Waals surface area contributed by atoms with Crippen LogP contribution in [0.2, 0.25) is 0 Å². The SMILES string of the molecule is C[C@H](NC(=O)c1cccc(NC(=O)C[C@H]2SC(N3CCCCC3)=NC2=O)c1)C1CC1. The van der Waals surface area contributed by atoms with Gasteiger partial charge in [0, 0.05) is 36.8 Å². The van der Waals surface area contributed by atoms with Gasteiger partial charge in [0.1, 0.15) is 5.25 Å². The lowest BCUT2D eigenvalue weighted by atomic mass is 10.1. The van der Waals surface area contributed by atoms with Gasteiger partial charge in [0.15, 0.2) is 5.17 Å². The van der Waals surface area contributed by atoms with Gasteiger partial charge in [-0.3, -0.25) is 14.4 Å². The normalized spacial score (nSPS) is 22.4. The largest absolute Gasteiger partial charge is 0.351 e. The predicted molar refractivity (Wildman–Crippen MR) is 119 cm³/mol. The Morgan fingerprint density at radius 1 is 1.23 bits per heavy atom. The lowest BCUT2D eigenvalue weighted by Crippen LogP contribution is -2.34. The van der Waals surface area contributed by atoms with Crippen molar-refractivity contribution in [2.75, 3.05) is 18.4 Å². The van der Waals surface area contributed by atoms with E-state index < -0.39 is 5.25 Å². The molecule has 4 rings (SSSR count). The third kappa shape index (κ3) is 5.22. The van der Waals surface area contributed by atoms with Gasteiger partial charge in [-0.2, -0.15) is 4.99 Å². The first kappa shape index (κ1) is 20.9. The summed E-state index contributed by atoms with van der Waals surface area (Å²) in [6, 6.07) is 7.07. The van der Waals surface area contributed by atoms with Gasteiger partial charge in [0.2, 0.25) is 5.91 Å². The molecular weight excluding hydrogens is 400 g/mol. The number of carbonyl (C=O) groups excluding carboxylic acids is 3. The zero-order valence-corrected chi connectivity index (χ0v) is 18.0. The van der Waals surface area contributed by atoms with Gasteiger partial charge < -0.3 is 15.5 Å². The first-order valence-corrected chi connectivity index (χ1v) is 11.6. The van der Waals surface area contributed by atoms with Crippen LogP contribution in [0.3, 0.4) is 0 Å². The fourth-order valence-electron chi connectivity index (χ4n) is 3.85. The molecule has 2 aliphatic heterocycles.